The van der Waals surface area contributed by atoms with Gasteiger partial charge in [-0.1, -0.05) is 0 Å². The summed E-state index contributed by atoms with van der Waals surface area (Å²) in [7, 11) is 0. The van der Waals surface area contributed by atoms with E-state index >= 15 is 0 Å². The molecular formula is C21H20O11. The van der Waals surface area contributed by atoms with E-state index in [1.807, 2.05) is 0 Å². The van der Waals surface area contributed by atoms with E-state index in [-0.39, 0.29) is 16.7 Å². The fourth-order valence-electron chi connectivity index (χ4n) is 3.44. The molecule has 1 aliphatic heterocycles. The van der Waals surface area contributed by atoms with E-state index in [1.54, 1.807) is 0 Å². The van der Waals surface area contributed by atoms with E-state index < -0.39 is 70.5 Å². The molecule has 1 fully saturated rings. The van der Waals surface area contributed by atoms with Crippen LogP contribution in [0.15, 0.2) is 39.5 Å². The van der Waals surface area contributed by atoms with Gasteiger partial charge in [0.25, 0.3) is 0 Å². The summed E-state index contributed by atoms with van der Waals surface area (Å²) in [4.78, 5) is 12.7. The zero-order valence-corrected chi connectivity index (χ0v) is 16.5. The maximum Gasteiger partial charge on any atom is 0.229 e. The van der Waals surface area contributed by atoms with Gasteiger partial charge in [-0.2, -0.15) is 0 Å². The van der Waals surface area contributed by atoms with Crippen LogP contribution in [0.4, 0.5) is 0 Å². The summed E-state index contributed by atoms with van der Waals surface area (Å²) < 4.78 is 16.6. The van der Waals surface area contributed by atoms with Crippen LogP contribution in [0.3, 0.4) is 0 Å². The Balaban J connectivity index is 1.86. The molecule has 7 N–H and O–H groups in total. The first kappa shape index (κ1) is 21.7. The maximum absolute atomic E-state index is 12.7. The number of aliphatic hydroxyl groups excluding tert-OH is 3. The van der Waals surface area contributed by atoms with Crippen LogP contribution in [0.25, 0.3) is 22.3 Å². The van der Waals surface area contributed by atoms with E-state index in [0.717, 1.165) is 18.2 Å². The monoisotopic (exact) mass is 448 g/mol. The Labute approximate surface area is 179 Å². The lowest BCUT2D eigenvalue weighted by Crippen LogP contribution is -2.58. The van der Waals surface area contributed by atoms with Crippen LogP contribution >= 0.6 is 0 Å². The first-order valence-electron chi connectivity index (χ1n) is 9.50. The van der Waals surface area contributed by atoms with Crippen LogP contribution in [-0.4, -0.2) is 66.5 Å². The summed E-state index contributed by atoms with van der Waals surface area (Å²) in [6.07, 6.45) is -7.22. The Morgan fingerprint density at radius 2 is 1.56 bits per heavy atom. The lowest BCUT2D eigenvalue weighted by Gasteiger charge is -2.38. The maximum atomic E-state index is 12.7. The van der Waals surface area contributed by atoms with E-state index in [9.17, 15) is 40.5 Å². The van der Waals surface area contributed by atoms with E-state index in [2.05, 4.69) is 0 Å². The van der Waals surface area contributed by atoms with E-state index in [4.69, 9.17) is 13.9 Å². The summed E-state index contributed by atoms with van der Waals surface area (Å²) in [5.74, 6) is -2.70. The Hall–Kier alpha value is -3.51. The minimum atomic E-state index is -1.71. The Kier molecular flexibility index (Phi) is 5.34. The van der Waals surface area contributed by atoms with Crippen molar-refractivity contribution in [3.63, 3.8) is 0 Å². The highest BCUT2D eigenvalue weighted by molar-refractivity contribution is 5.91. The molecule has 0 amide bonds. The number of hydrogen-bond acceptors (Lipinski definition) is 11. The molecule has 4 rings (SSSR count). The molecule has 170 valence electrons. The summed E-state index contributed by atoms with van der Waals surface area (Å²) in [6, 6.07) is 5.53. The smallest absolute Gasteiger partial charge is 0.229 e. The van der Waals surface area contributed by atoms with E-state index in [1.165, 1.54) is 19.1 Å². The first-order valence-corrected chi connectivity index (χ1v) is 9.50. The number of ether oxygens (including phenoxy) is 2. The molecule has 0 unspecified atom stereocenters. The third kappa shape index (κ3) is 3.56. The topological polar surface area (TPSA) is 190 Å². The number of aliphatic hydroxyl groups is 3. The highest BCUT2D eigenvalue weighted by Gasteiger charge is 2.43. The summed E-state index contributed by atoms with van der Waals surface area (Å²) in [5.41, 5.74) is -0.930. The van der Waals surface area contributed by atoms with E-state index in [0.29, 0.717) is 0 Å². The van der Waals surface area contributed by atoms with Gasteiger partial charge in [-0.15, -0.1) is 0 Å². The molecule has 32 heavy (non-hydrogen) atoms. The number of aromatic hydroxyl groups is 4. The quantitative estimate of drug-likeness (QED) is 0.276. The normalized spacial score (nSPS) is 25.7. The van der Waals surface area contributed by atoms with Crippen LogP contribution in [0.1, 0.15) is 6.92 Å². The van der Waals surface area contributed by atoms with Crippen molar-refractivity contribution in [2.24, 2.45) is 0 Å². The number of hydrogen-bond donors (Lipinski definition) is 7. The number of fused-ring (bicyclic) bond motifs is 1. The number of benzene rings is 2. The summed E-state index contributed by atoms with van der Waals surface area (Å²) in [5, 5.41) is 69.5. The number of phenols is 4. The van der Waals surface area contributed by atoms with Crippen LogP contribution < -0.4 is 10.2 Å². The summed E-state index contributed by atoms with van der Waals surface area (Å²) in [6.45, 7) is 1.43. The summed E-state index contributed by atoms with van der Waals surface area (Å²) >= 11 is 0. The molecule has 0 bridgehead atoms. The molecule has 11 heteroatoms. The van der Waals surface area contributed by atoms with Crippen molar-refractivity contribution in [2.45, 2.75) is 37.6 Å². The average molecular weight is 448 g/mol. The number of phenolic OH excluding ortho intramolecular Hbond substituents is 4. The third-order valence-corrected chi connectivity index (χ3v) is 5.22. The van der Waals surface area contributed by atoms with Gasteiger partial charge in [0.05, 0.1) is 6.10 Å². The molecular weight excluding hydrogens is 428 g/mol. The van der Waals surface area contributed by atoms with Crippen molar-refractivity contribution in [3.05, 3.63) is 40.6 Å². The molecule has 2 aromatic carbocycles. The van der Waals surface area contributed by atoms with Gasteiger partial charge in [0.1, 0.15) is 35.2 Å². The highest BCUT2D eigenvalue weighted by atomic mass is 16.7. The molecule has 1 saturated heterocycles. The second kappa shape index (κ2) is 7.88. The third-order valence-electron chi connectivity index (χ3n) is 5.22. The molecule has 0 radical (unpaired) electrons. The Morgan fingerprint density at radius 3 is 2.25 bits per heavy atom. The lowest BCUT2D eigenvalue weighted by atomic mass is 10.00. The number of rotatable bonds is 3. The van der Waals surface area contributed by atoms with Crippen molar-refractivity contribution in [3.8, 4) is 40.1 Å². The molecule has 0 aliphatic carbocycles. The zero-order chi connectivity index (χ0) is 23.3. The van der Waals surface area contributed by atoms with Crippen molar-refractivity contribution in [1.29, 1.82) is 0 Å². The standard InChI is InChI=1S/C21H20O11/c1-7-16(27)17(28)18(29)21(30-7)32-19-13(26)5-11(24)15-12(25)6-14(31-20(15)19)8-2-3-9(22)10(23)4-8/h2-7,16-18,21-24,26-29H,1H3/t7-,16-,17+,18+,21-/m0/s1. The predicted octanol–water partition coefficient (Wildman–Crippen LogP) is 0.489. The van der Waals surface area contributed by atoms with Gasteiger partial charge in [0.15, 0.2) is 28.3 Å². The van der Waals surface area contributed by atoms with Crippen LogP contribution in [0.2, 0.25) is 0 Å². The fourth-order valence-corrected chi connectivity index (χ4v) is 3.44. The molecule has 3 aromatic rings. The molecule has 1 aliphatic rings. The predicted molar refractivity (Wildman–Crippen MR) is 108 cm³/mol. The lowest BCUT2D eigenvalue weighted by molar-refractivity contribution is -0.268. The van der Waals surface area contributed by atoms with Gasteiger partial charge in [0.2, 0.25) is 12.0 Å². The van der Waals surface area contributed by atoms with Gasteiger partial charge >= 0.3 is 0 Å². The fraction of sp³-hybridized carbons (Fsp3) is 0.286. The van der Waals surface area contributed by atoms with Crippen LogP contribution in [0.5, 0.6) is 28.7 Å². The molecule has 11 nitrogen and oxygen atoms in total. The highest BCUT2D eigenvalue weighted by Crippen LogP contribution is 2.42. The molecule has 2 heterocycles. The van der Waals surface area contributed by atoms with Crippen LogP contribution in [-0.2, 0) is 4.74 Å². The second-order valence-corrected chi connectivity index (χ2v) is 7.43. The first-order chi connectivity index (χ1) is 15.1. The average Bonchev–Trinajstić information content (AvgIpc) is 2.74. The SMILES string of the molecule is C[C@@H]1O[C@@H](Oc2c(O)cc(O)c3c(=O)cc(-c4ccc(O)c(O)c4)oc23)[C@H](O)[C@H](O)[C@H]1O. The second-order valence-electron chi connectivity index (χ2n) is 7.43. The van der Waals surface area contributed by atoms with Gasteiger partial charge in [0, 0.05) is 17.7 Å². The van der Waals surface area contributed by atoms with Gasteiger partial charge < -0.3 is 49.6 Å². The molecule has 5 atom stereocenters. The molecule has 0 spiro atoms. The van der Waals surface area contributed by atoms with Crippen LogP contribution in [0, 0.1) is 0 Å². The molecule has 1 aromatic heterocycles. The van der Waals surface area contributed by atoms with Crippen molar-refractivity contribution in [2.75, 3.05) is 0 Å². The Bertz CT molecular complexity index is 1230. The van der Waals surface area contributed by atoms with Crippen molar-refractivity contribution < 1.29 is 49.6 Å². The molecule has 0 saturated carbocycles. The van der Waals surface area contributed by atoms with Gasteiger partial charge in [-0.05, 0) is 25.1 Å². The zero-order valence-electron chi connectivity index (χ0n) is 16.5. The van der Waals surface area contributed by atoms with Crippen molar-refractivity contribution in [1.82, 2.24) is 0 Å². The Morgan fingerprint density at radius 1 is 0.844 bits per heavy atom. The van der Waals surface area contributed by atoms with Crippen molar-refractivity contribution >= 4 is 11.0 Å². The minimum Gasteiger partial charge on any atom is -0.507 e. The van der Waals surface area contributed by atoms with Gasteiger partial charge in [-0.3, -0.25) is 4.79 Å². The minimum absolute atomic E-state index is 0.0958. The largest absolute Gasteiger partial charge is 0.507 e. The van der Waals surface area contributed by atoms with Gasteiger partial charge in [-0.25, -0.2) is 0 Å².